The number of aliphatic hydroxyl groups is 1. The molecular formula is C32H34FNO6. The molecule has 0 aromatic heterocycles. The van der Waals surface area contributed by atoms with Crippen LogP contribution in [0.2, 0.25) is 0 Å². The van der Waals surface area contributed by atoms with Crippen molar-refractivity contribution in [1.29, 1.82) is 0 Å². The van der Waals surface area contributed by atoms with E-state index in [1.54, 1.807) is 48.5 Å². The lowest BCUT2D eigenvalue weighted by molar-refractivity contribution is -0.139. The quantitative estimate of drug-likeness (QED) is 0.195. The Bertz CT molecular complexity index is 1430. The molecule has 7 nitrogen and oxygen atoms in total. The number of rotatable bonds is 10. The van der Waals surface area contributed by atoms with E-state index in [9.17, 15) is 19.1 Å². The molecule has 3 aromatic rings. The van der Waals surface area contributed by atoms with Crippen molar-refractivity contribution in [3.8, 4) is 17.2 Å². The maximum absolute atomic E-state index is 13.4. The van der Waals surface area contributed by atoms with E-state index in [1.165, 1.54) is 31.3 Å². The van der Waals surface area contributed by atoms with Crippen LogP contribution < -0.4 is 14.2 Å². The minimum atomic E-state index is -0.877. The summed E-state index contributed by atoms with van der Waals surface area (Å²) in [7, 11) is 3.02. The van der Waals surface area contributed by atoms with Crippen LogP contribution in [-0.4, -0.2) is 49.1 Å². The number of aliphatic hydroxyl groups excluding tert-OH is 1. The molecular weight excluding hydrogens is 513 g/mol. The lowest BCUT2D eigenvalue weighted by atomic mass is 9.94. The molecule has 3 aromatic carbocycles. The molecule has 1 heterocycles. The Kier molecular flexibility index (Phi) is 8.77. The van der Waals surface area contributed by atoms with Crippen LogP contribution in [0.5, 0.6) is 17.2 Å². The number of hydrogen-bond donors (Lipinski definition) is 1. The minimum Gasteiger partial charge on any atom is -0.507 e. The number of likely N-dealkylation sites (tertiary alicyclic amines) is 1. The average Bonchev–Trinajstić information content (AvgIpc) is 3.20. The van der Waals surface area contributed by atoms with E-state index in [1.807, 2.05) is 6.92 Å². The van der Waals surface area contributed by atoms with Gasteiger partial charge >= 0.3 is 0 Å². The van der Waals surface area contributed by atoms with Crippen LogP contribution in [0.15, 0.2) is 66.2 Å². The van der Waals surface area contributed by atoms with Gasteiger partial charge < -0.3 is 24.2 Å². The van der Waals surface area contributed by atoms with Crippen molar-refractivity contribution in [3.05, 3.63) is 94.3 Å². The highest BCUT2D eigenvalue weighted by atomic mass is 19.1. The first kappa shape index (κ1) is 28.7. The lowest BCUT2D eigenvalue weighted by Gasteiger charge is -2.26. The second kappa shape index (κ2) is 12.2. The number of aryl methyl sites for hydroxylation is 1. The Morgan fingerprint density at radius 2 is 1.62 bits per heavy atom. The van der Waals surface area contributed by atoms with Crippen LogP contribution in [0.1, 0.15) is 42.1 Å². The van der Waals surface area contributed by atoms with Crippen molar-refractivity contribution < 1.29 is 33.3 Å². The van der Waals surface area contributed by atoms with Crippen LogP contribution in [-0.2, 0) is 16.0 Å². The van der Waals surface area contributed by atoms with Crippen LogP contribution in [0.4, 0.5) is 4.39 Å². The fraction of sp³-hybridized carbons (Fsp3) is 0.312. The second-order valence-electron chi connectivity index (χ2n) is 10.2. The molecule has 0 saturated carbocycles. The number of hydrogen-bond acceptors (Lipinski definition) is 6. The van der Waals surface area contributed by atoms with Gasteiger partial charge in [-0.1, -0.05) is 32.0 Å². The molecule has 1 aliphatic rings. The zero-order chi connectivity index (χ0) is 29.0. The van der Waals surface area contributed by atoms with E-state index in [4.69, 9.17) is 14.2 Å². The first-order valence-electron chi connectivity index (χ1n) is 13.1. The number of ketones is 1. The molecule has 1 N–H and O–H groups in total. The van der Waals surface area contributed by atoms with Crippen molar-refractivity contribution >= 4 is 17.4 Å². The van der Waals surface area contributed by atoms with Crippen molar-refractivity contribution in [2.45, 2.75) is 33.2 Å². The molecule has 1 amide bonds. The first-order valence-corrected chi connectivity index (χ1v) is 13.1. The molecule has 1 saturated heterocycles. The number of carbonyl (C=O) groups is 2. The molecule has 0 aliphatic carbocycles. The van der Waals surface area contributed by atoms with Gasteiger partial charge in [-0.2, -0.15) is 0 Å². The molecule has 0 bridgehead atoms. The maximum Gasteiger partial charge on any atom is 0.295 e. The van der Waals surface area contributed by atoms with Crippen LogP contribution in [0.3, 0.4) is 0 Å². The van der Waals surface area contributed by atoms with E-state index in [0.29, 0.717) is 47.3 Å². The molecule has 1 fully saturated rings. The van der Waals surface area contributed by atoms with Gasteiger partial charge in [0.05, 0.1) is 32.4 Å². The standard InChI is InChI=1S/C32H34FNO6/c1-19(2)18-40-25-12-9-23(16-20(25)3)30(35)28-29(22-8-13-26(38-4)27(17-22)39-5)34(32(37)31(28)36)15-14-21-6-10-24(33)11-7-21/h6-13,16-17,19,29,35H,14-15,18H2,1-5H3/b30-28-. The third-order valence-electron chi connectivity index (χ3n) is 6.84. The lowest BCUT2D eigenvalue weighted by Crippen LogP contribution is -2.31. The van der Waals surface area contributed by atoms with E-state index < -0.39 is 17.7 Å². The van der Waals surface area contributed by atoms with Gasteiger partial charge in [-0.05, 0) is 78.4 Å². The normalized spacial score (nSPS) is 16.5. The number of amides is 1. The Labute approximate surface area is 233 Å². The Morgan fingerprint density at radius 1 is 0.950 bits per heavy atom. The van der Waals surface area contributed by atoms with E-state index in [2.05, 4.69) is 13.8 Å². The Hall–Kier alpha value is -4.33. The van der Waals surface area contributed by atoms with Gasteiger partial charge in [0.25, 0.3) is 11.7 Å². The zero-order valence-electron chi connectivity index (χ0n) is 23.4. The minimum absolute atomic E-state index is 0.0217. The van der Waals surface area contributed by atoms with E-state index in [0.717, 1.165) is 11.1 Å². The Balaban J connectivity index is 1.78. The van der Waals surface area contributed by atoms with Crippen LogP contribution in [0, 0.1) is 18.7 Å². The molecule has 0 spiro atoms. The van der Waals surface area contributed by atoms with Crippen molar-refractivity contribution in [2.24, 2.45) is 5.92 Å². The fourth-order valence-electron chi connectivity index (χ4n) is 4.75. The predicted octanol–water partition coefficient (Wildman–Crippen LogP) is 5.85. The number of halogens is 1. The van der Waals surface area contributed by atoms with Gasteiger partial charge in [0, 0.05) is 12.1 Å². The highest BCUT2D eigenvalue weighted by Gasteiger charge is 2.46. The van der Waals surface area contributed by atoms with Gasteiger partial charge in [-0.15, -0.1) is 0 Å². The second-order valence-corrected chi connectivity index (χ2v) is 10.2. The third kappa shape index (κ3) is 5.96. The predicted molar refractivity (Wildman–Crippen MR) is 150 cm³/mol. The maximum atomic E-state index is 13.4. The van der Waals surface area contributed by atoms with Crippen molar-refractivity contribution in [2.75, 3.05) is 27.4 Å². The molecule has 8 heteroatoms. The summed E-state index contributed by atoms with van der Waals surface area (Å²) in [5.41, 5.74) is 2.55. The summed E-state index contributed by atoms with van der Waals surface area (Å²) in [4.78, 5) is 28.2. The average molecular weight is 548 g/mol. The first-order chi connectivity index (χ1) is 19.1. The molecule has 40 heavy (non-hydrogen) atoms. The third-order valence-corrected chi connectivity index (χ3v) is 6.84. The summed E-state index contributed by atoms with van der Waals surface area (Å²) in [5.74, 6) is -0.201. The summed E-state index contributed by atoms with van der Waals surface area (Å²) >= 11 is 0. The number of benzene rings is 3. The Morgan fingerprint density at radius 3 is 2.25 bits per heavy atom. The summed E-state index contributed by atoms with van der Waals surface area (Å²) in [6, 6.07) is 15.4. The molecule has 1 aliphatic heterocycles. The number of Topliss-reactive ketones (excluding diaryl/α,β-unsaturated/α-hetero) is 1. The number of carbonyl (C=O) groups excluding carboxylic acids is 2. The van der Waals surface area contributed by atoms with Gasteiger partial charge in [0.1, 0.15) is 17.3 Å². The largest absolute Gasteiger partial charge is 0.507 e. The van der Waals surface area contributed by atoms with Crippen molar-refractivity contribution in [3.63, 3.8) is 0 Å². The SMILES string of the molecule is COc1ccc(C2/C(=C(/O)c3ccc(OCC(C)C)c(C)c3)C(=O)C(=O)N2CCc2ccc(F)cc2)cc1OC. The highest BCUT2D eigenvalue weighted by molar-refractivity contribution is 6.46. The summed E-state index contributed by atoms with van der Waals surface area (Å²) in [6.07, 6.45) is 0.387. The molecule has 0 radical (unpaired) electrons. The molecule has 1 unspecified atom stereocenters. The smallest absolute Gasteiger partial charge is 0.295 e. The molecule has 4 rings (SSSR count). The van der Waals surface area contributed by atoms with Gasteiger partial charge in [0.2, 0.25) is 0 Å². The van der Waals surface area contributed by atoms with Gasteiger partial charge in [-0.25, -0.2) is 4.39 Å². The van der Waals surface area contributed by atoms with Crippen LogP contribution in [0.25, 0.3) is 5.76 Å². The summed E-state index contributed by atoms with van der Waals surface area (Å²) in [6.45, 7) is 6.69. The monoisotopic (exact) mass is 547 g/mol. The number of methoxy groups -OCH3 is 2. The number of nitrogens with zero attached hydrogens (tertiary/aromatic N) is 1. The zero-order valence-corrected chi connectivity index (χ0v) is 23.4. The van der Waals surface area contributed by atoms with Gasteiger partial charge in [-0.3, -0.25) is 9.59 Å². The van der Waals surface area contributed by atoms with E-state index in [-0.39, 0.29) is 23.7 Å². The molecule has 1 atom stereocenters. The topological polar surface area (TPSA) is 85.3 Å². The molecule has 210 valence electrons. The number of ether oxygens (including phenoxy) is 3. The van der Waals surface area contributed by atoms with Crippen molar-refractivity contribution in [1.82, 2.24) is 4.90 Å². The summed E-state index contributed by atoms with van der Waals surface area (Å²) < 4.78 is 30.1. The summed E-state index contributed by atoms with van der Waals surface area (Å²) in [5, 5.41) is 11.5. The van der Waals surface area contributed by atoms with Gasteiger partial charge in [0.15, 0.2) is 11.5 Å². The highest BCUT2D eigenvalue weighted by Crippen LogP contribution is 2.42. The fourth-order valence-corrected chi connectivity index (χ4v) is 4.75. The van der Waals surface area contributed by atoms with Crippen LogP contribution >= 0.6 is 0 Å². The van der Waals surface area contributed by atoms with E-state index >= 15 is 0 Å².